The lowest BCUT2D eigenvalue weighted by molar-refractivity contribution is 0.0288. The third kappa shape index (κ3) is 3.30. The second-order valence-corrected chi connectivity index (χ2v) is 5.61. The minimum atomic E-state index is -0.493. The first-order valence-corrected chi connectivity index (χ1v) is 6.24. The molecule has 0 spiro atoms. The van der Waals surface area contributed by atoms with Crippen LogP contribution < -0.4 is 0 Å². The van der Waals surface area contributed by atoms with Gasteiger partial charge in [-0.2, -0.15) is 0 Å². The van der Waals surface area contributed by atoms with E-state index in [0.29, 0.717) is 25.1 Å². The molecule has 1 aliphatic heterocycles. The molecular formula is C12H18N4O3. The highest BCUT2D eigenvalue weighted by Crippen LogP contribution is 2.22. The maximum absolute atomic E-state index is 11.9. The van der Waals surface area contributed by atoms with Crippen LogP contribution in [-0.4, -0.2) is 51.0 Å². The van der Waals surface area contributed by atoms with Gasteiger partial charge in [0.25, 0.3) is 0 Å². The number of carbonyl (C=O) groups is 2. The molecule has 0 bridgehead atoms. The summed E-state index contributed by atoms with van der Waals surface area (Å²) in [4.78, 5) is 24.1. The number of hydrogen-bond acceptors (Lipinski definition) is 5. The molecule has 1 amide bonds. The van der Waals surface area contributed by atoms with Crippen molar-refractivity contribution >= 4 is 12.4 Å². The van der Waals surface area contributed by atoms with Gasteiger partial charge in [-0.3, -0.25) is 4.79 Å². The summed E-state index contributed by atoms with van der Waals surface area (Å²) in [5.41, 5.74) is -0.191. The van der Waals surface area contributed by atoms with E-state index in [2.05, 4.69) is 10.3 Å². The van der Waals surface area contributed by atoms with Gasteiger partial charge in [0.2, 0.25) is 0 Å². The first-order valence-electron chi connectivity index (χ1n) is 6.24. The van der Waals surface area contributed by atoms with E-state index in [1.165, 1.54) is 0 Å². The highest BCUT2D eigenvalue weighted by atomic mass is 16.6. The number of hydrogen-bond donors (Lipinski definition) is 0. The number of amides is 1. The van der Waals surface area contributed by atoms with Crippen LogP contribution in [0.2, 0.25) is 0 Å². The van der Waals surface area contributed by atoms with Gasteiger partial charge in [-0.05, 0) is 27.2 Å². The summed E-state index contributed by atoms with van der Waals surface area (Å²) in [5.74, 6) is 0. The van der Waals surface area contributed by atoms with Crippen LogP contribution in [-0.2, 0) is 4.74 Å². The zero-order chi connectivity index (χ0) is 14.0. The van der Waals surface area contributed by atoms with Crippen LogP contribution in [0.15, 0.2) is 6.20 Å². The Morgan fingerprint density at radius 2 is 2.26 bits per heavy atom. The smallest absolute Gasteiger partial charge is 0.410 e. The van der Waals surface area contributed by atoms with Crippen LogP contribution in [0, 0.1) is 0 Å². The van der Waals surface area contributed by atoms with E-state index < -0.39 is 5.60 Å². The average molecular weight is 266 g/mol. The van der Waals surface area contributed by atoms with Crippen LogP contribution in [0.1, 0.15) is 43.7 Å². The van der Waals surface area contributed by atoms with E-state index in [4.69, 9.17) is 4.74 Å². The van der Waals surface area contributed by atoms with Crippen molar-refractivity contribution in [1.29, 1.82) is 0 Å². The molecule has 0 aliphatic carbocycles. The van der Waals surface area contributed by atoms with Gasteiger partial charge in [-0.1, -0.05) is 5.21 Å². The van der Waals surface area contributed by atoms with E-state index in [9.17, 15) is 9.59 Å². The third-order valence-electron chi connectivity index (χ3n) is 2.84. The molecule has 0 saturated carbocycles. The van der Waals surface area contributed by atoms with Crippen molar-refractivity contribution in [2.45, 2.75) is 38.8 Å². The first kappa shape index (κ1) is 13.5. The fourth-order valence-electron chi connectivity index (χ4n) is 1.97. The van der Waals surface area contributed by atoms with Crippen molar-refractivity contribution in [1.82, 2.24) is 19.9 Å². The zero-order valence-electron chi connectivity index (χ0n) is 11.4. The number of aldehydes is 1. The van der Waals surface area contributed by atoms with E-state index in [1.807, 2.05) is 20.8 Å². The Labute approximate surface area is 111 Å². The van der Waals surface area contributed by atoms with Crippen LogP contribution in [0.25, 0.3) is 0 Å². The molecule has 0 radical (unpaired) electrons. The van der Waals surface area contributed by atoms with Gasteiger partial charge in [0, 0.05) is 13.1 Å². The molecule has 0 unspecified atom stereocenters. The molecule has 0 aromatic carbocycles. The van der Waals surface area contributed by atoms with Crippen molar-refractivity contribution in [3.8, 4) is 0 Å². The number of nitrogens with zero attached hydrogens (tertiary/aromatic N) is 4. The predicted octanol–water partition coefficient (Wildman–Crippen LogP) is 1.27. The molecule has 1 aromatic rings. The van der Waals surface area contributed by atoms with Gasteiger partial charge in [-0.25, -0.2) is 9.48 Å². The summed E-state index contributed by atoms with van der Waals surface area (Å²) >= 11 is 0. The maximum atomic E-state index is 11.9. The zero-order valence-corrected chi connectivity index (χ0v) is 11.4. The minimum Gasteiger partial charge on any atom is -0.444 e. The Morgan fingerprint density at radius 1 is 1.53 bits per heavy atom. The van der Waals surface area contributed by atoms with E-state index in [1.54, 1.807) is 15.8 Å². The average Bonchev–Trinajstić information content (AvgIpc) is 2.95. The van der Waals surface area contributed by atoms with Crippen LogP contribution in [0.5, 0.6) is 0 Å². The molecule has 1 aliphatic rings. The van der Waals surface area contributed by atoms with Crippen molar-refractivity contribution in [2.75, 3.05) is 13.1 Å². The molecule has 104 valence electrons. The molecule has 1 fully saturated rings. The summed E-state index contributed by atoms with van der Waals surface area (Å²) in [6, 6.07) is 0.0497. The Hall–Kier alpha value is -1.92. The Balaban J connectivity index is 1.96. The molecular weight excluding hydrogens is 248 g/mol. The molecule has 7 heteroatoms. The predicted molar refractivity (Wildman–Crippen MR) is 66.9 cm³/mol. The van der Waals surface area contributed by atoms with Gasteiger partial charge in [0.1, 0.15) is 11.3 Å². The van der Waals surface area contributed by atoms with E-state index in [-0.39, 0.29) is 12.1 Å². The highest BCUT2D eigenvalue weighted by Gasteiger charge is 2.31. The molecule has 0 N–H and O–H groups in total. The van der Waals surface area contributed by atoms with Crippen LogP contribution in [0.4, 0.5) is 4.79 Å². The molecule has 7 nitrogen and oxygen atoms in total. The van der Waals surface area contributed by atoms with Gasteiger partial charge in [0.15, 0.2) is 6.29 Å². The number of ether oxygens (including phenoxy) is 1. The summed E-state index contributed by atoms with van der Waals surface area (Å²) in [5, 5.41) is 7.61. The monoisotopic (exact) mass is 266 g/mol. The van der Waals surface area contributed by atoms with Crippen molar-refractivity contribution in [3.05, 3.63) is 11.9 Å². The van der Waals surface area contributed by atoms with E-state index in [0.717, 1.165) is 6.42 Å². The number of aromatic nitrogens is 3. The molecule has 2 rings (SSSR count). The SMILES string of the molecule is CC(C)(C)OC(=O)N1CC[C@H](n2cc(C=O)nn2)C1. The second kappa shape index (κ2) is 4.99. The normalized spacial score (nSPS) is 19.5. The molecule has 1 saturated heterocycles. The van der Waals surface area contributed by atoms with Crippen LogP contribution >= 0.6 is 0 Å². The number of rotatable bonds is 2. The summed E-state index contributed by atoms with van der Waals surface area (Å²) in [6.45, 7) is 6.66. The Morgan fingerprint density at radius 3 is 2.84 bits per heavy atom. The molecule has 2 heterocycles. The van der Waals surface area contributed by atoms with Gasteiger partial charge >= 0.3 is 6.09 Å². The number of carbonyl (C=O) groups excluding carboxylic acids is 2. The largest absolute Gasteiger partial charge is 0.444 e. The summed E-state index contributed by atoms with van der Waals surface area (Å²) < 4.78 is 6.95. The molecule has 1 aromatic heterocycles. The standard InChI is InChI=1S/C12H18N4O3/c1-12(2,3)19-11(18)15-5-4-10(7-15)16-6-9(8-17)13-14-16/h6,8,10H,4-5,7H2,1-3H3/t10-/m0/s1. The van der Waals surface area contributed by atoms with Gasteiger partial charge < -0.3 is 9.64 Å². The van der Waals surface area contributed by atoms with Gasteiger partial charge in [-0.15, -0.1) is 5.10 Å². The second-order valence-electron chi connectivity index (χ2n) is 5.61. The van der Waals surface area contributed by atoms with Gasteiger partial charge in [0.05, 0.1) is 12.2 Å². The summed E-state index contributed by atoms with van der Waals surface area (Å²) in [7, 11) is 0. The third-order valence-corrected chi connectivity index (χ3v) is 2.84. The molecule has 19 heavy (non-hydrogen) atoms. The molecule has 1 atom stereocenters. The minimum absolute atomic E-state index is 0.0497. The lowest BCUT2D eigenvalue weighted by atomic mass is 10.2. The van der Waals surface area contributed by atoms with Crippen LogP contribution in [0.3, 0.4) is 0 Å². The summed E-state index contributed by atoms with van der Waals surface area (Å²) in [6.07, 6.45) is 2.71. The first-order chi connectivity index (χ1) is 8.89. The lowest BCUT2D eigenvalue weighted by Gasteiger charge is -2.24. The Bertz CT molecular complexity index is 478. The number of likely N-dealkylation sites (tertiary alicyclic amines) is 1. The lowest BCUT2D eigenvalue weighted by Crippen LogP contribution is -2.35. The maximum Gasteiger partial charge on any atom is 0.410 e. The van der Waals surface area contributed by atoms with Crippen molar-refractivity contribution < 1.29 is 14.3 Å². The fraction of sp³-hybridized carbons (Fsp3) is 0.667. The fourth-order valence-corrected chi connectivity index (χ4v) is 1.97. The quantitative estimate of drug-likeness (QED) is 0.753. The highest BCUT2D eigenvalue weighted by molar-refractivity contribution is 5.70. The topological polar surface area (TPSA) is 77.3 Å². The van der Waals surface area contributed by atoms with Crippen molar-refractivity contribution in [2.24, 2.45) is 0 Å². The van der Waals surface area contributed by atoms with Crippen molar-refractivity contribution in [3.63, 3.8) is 0 Å². The Kier molecular flexibility index (Phi) is 3.55. The van der Waals surface area contributed by atoms with E-state index >= 15 is 0 Å².